The van der Waals surface area contributed by atoms with E-state index in [-0.39, 0.29) is 11.5 Å². The number of ether oxygens (including phenoxy) is 1. The minimum absolute atomic E-state index is 0.157. The molecule has 0 unspecified atom stereocenters. The highest BCUT2D eigenvalue weighted by atomic mass is 16.5. The number of nitrogens with zero attached hydrogens (tertiary/aromatic N) is 1. The molecular weight excluding hydrogens is 324 g/mol. The van der Waals surface area contributed by atoms with Crippen molar-refractivity contribution < 1.29 is 9.53 Å². The monoisotopic (exact) mass is 338 g/mol. The normalized spacial score (nSPS) is 13.1. The number of carbonyl (C=O) groups is 1. The van der Waals surface area contributed by atoms with Crippen LogP contribution >= 0.6 is 0 Å². The Morgan fingerprint density at radius 3 is 2.62 bits per heavy atom. The third-order valence-corrected chi connectivity index (χ3v) is 4.69. The molecule has 0 atom stereocenters. The number of aromatic nitrogens is 2. The lowest BCUT2D eigenvalue weighted by Gasteiger charge is -2.13. The number of Topliss-reactive ketones (excluding diaryl/α,β-unsaturated/α-hetero) is 1. The van der Waals surface area contributed by atoms with E-state index in [9.17, 15) is 4.79 Å². The van der Waals surface area contributed by atoms with Gasteiger partial charge in [0.15, 0.2) is 5.76 Å². The van der Waals surface area contributed by atoms with E-state index in [1.54, 1.807) is 6.20 Å². The fraction of sp³-hybridized carbons (Fsp3) is 0. The average Bonchev–Trinajstić information content (AvgIpc) is 3.23. The van der Waals surface area contributed by atoms with Crippen molar-refractivity contribution in [2.45, 2.75) is 0 Å². The Morgan fingerprint density at radius 2 is 1.77 bits per heavy atom. The topological polar surface area (TPSA) is 55.0 Å². The van der Waals surface area contributed by atoms with Crippen LogP contribution in [-0.4, -0.2) is 15.8 Å². The quantitative estimate of drug-likeness (QED) is 0.524. The lowest BCUT2D eigenvalue weighted by atomic mass is 9.89. The number of hydrogen-bond donors (Lipinski definition) is 1. The van der Waals surface area contributed by atoms with Crippen molar-refractivity contribution in [2.75, 3.05) is 0 Å². The van der Waals surface area contributed by atoms with Crippen molar-refractivity contribution in [2.24, 2.45) is 0 Å². The van der Waals surface area contributed by atoms with Crippen molar-refractivity contribution in [1.82, 2.24) is 9.97 Å². The number of fused-ring (bicyclic) bond motifs is 2. The summed E-state index contributed by atoms with van der Waals surface area (Å²) in [6.07, 6.45) is 3.64. The van der Waals surface area contributed by atoms with Crippen LogP contribution in [0.15, 0.2) is 79.3 Å². The summed E-state index contributed by atoms with van der Waals surface area (Å²) >= 11 is 0. The van der Waals surface area contributed by atoms with Crippen LogP contribution in [0.4, 0.5) is 0 Å². The highest BCUT2D eigenvalue weighted by Crippen LogP contribution is 2.45. The zero-order valence-electron chi connectivity index (χ0n) is 13.8. The average molecular weight is 338 g/mol. The standard InChI is InChI=1S/C22H14N2O2/c1-13-21(25)20-18(26-13)10-9-15(14-6-3-2-4-7-14)19(20)17-12-24-22-16(17)8-5-11-23-22/h2-12H,1H2,(H,23,24). The fourth-order valence-corrected chi connectivity index (χ4v) is 3.51. The summed E-state index contributed by atoms with van der Waals surface area (Å²) in [5.41, 5.74) is 5.12. The van der Waals surface area contributed by atoms with Crippen molar-refractivity contribution in [3.05, 3.63) is 84.9 Å². The first-order chi connectivity index (χ1) is 12.7. The van der Waals surface area contributed by atoms with Gasteiger partial charge in [0.25, 0.3) is 0 Å². The number of nitrogens with one attached hydrogen (secondary N) is 1. The molecule has 4 aromatic rings. The fourth-order valence-electron chi connectivity index (χ4n) is 3.51. The van der Waals surface area contributed by atoms with Gasteiger partial charge in [0.1, 0.15) is 11.4 Å². The number of benzene rings is 2. The number of hydrogen-bond acceptors (Lipinski definition) is 3. The smallest absolute Gasteiger partial charge is 0.231 e. The Morgan fingerprint density at radius 1 is 0.923 bits per heavy atom. The molecule has 4 heteroatoms. The van der Waals surface area contributed by atoms with Crippen molar-refractivity contribution in [3.8, 4) is 28.0 Å². The maximum absolute atomic E-state index is 12.8. The van der Waals surface area contributed by atoms with Crippen LogP contribution < -0.4 is 4.74 Å². The summed E-state index contributed by atoms with van der Waals surface area (Å²) < 4.78 is 5.59. The van der Waals surface area contributed by atoms with Crippen LogP contribution in [0, 0.1) is 0 Å². The Kier molecular flexibility index (Phi) is 3.06. The van der Waals surface area contributed by atoms with Gasteiger partial charge < -0.3 is 9.72 Å². The van der Waals surface area contributed by atoms with Gasteiger partial charge in [-0.05, 0) is 29.3 Å². The number of aromatic amines is 1. The summed E-state index contributed by atoms with van der Waals surface area (Å²) in [6.45, 7) is 3.75. The summed E-state index contributed by atoms with van der Waals surface area (Å²) in [4.78, 5) is 20.3. The molecule has 0 bridgehead atoms. The molecule has 124 valence electrons. The second-order valence-corrected chi connectivity index (χ2v) is 6.18. The van der Waals surface area contributed by atoms with Crippen LogP contribution in [0.3, 0.4) is 0 Å². The van der Waals surface area contributed by atoms with Crippen LogP contribution in [0.25, 0.3) is 33.3 Å². The van der Waals surface area contributed by atoms with Crippen LogP contribution in [0.1, 0.15) is 10.4 Å². The molecular formula is C22H14N2O2. The largest absolute Gasteiger partial charge is 0.453 e. The lowest BCUT2D eigenvalue weighted by Crippen LogP contribution is -1.99. The predicted molar refractivity (Wildman–Crippen MR) is 101 cm³/mol. The molecule has 1 aliphatic heterocycles. The zero-order valence-corrected chi connectivity index (χ0v) is 13.8. The lowest BCUT2D eigenvalue weighted by molar-refractivity contribution is 0.101. The molecule has 3 heterocycles. The van der Waals surface area contributed by atoms with Crippen LogP contribution in [0.2, 0.25) is 0 Å². The van der Waals surface area contributed by atoms with Crippen LogP contribution in [-0.2, 0) is 0 Å². The number of H-pyrrole nitrogens is 1. The third-order valence-electron chi connectivity index (χ3n) is 4.69. The van der Waals surface area contributed by atoms with Gasteiger partial charge in [0, 0.05) is 28.9 Å². The van der Waals surface area contributed by atoms with E-state index in [0.29, 0.717) is 11.3 Å². The first-order valence-electron chi connectivity index (χ1n) is 8.30. The zero-order chi connectivity index (χ0) is 17.7. The van der Waals surface area contributed by atoms with E-state index in [2.05, 4.69) is 16.5 Å². The molecule has 2 aromatic carbocycles. The van der Waals surface area contributed by atoms with Gasteiger partial charge in [-0.25, -0.2) is 4.98 Å². The molecule has 26 heavy (non-hydrogen) atoms. The SMILES string of the molecule is C=C1Oc2ccc(-c3ccccc3)c(-c3c[nH]c4ncccc34)c2C1=O. The summed E-state index contributed by atoms with van der Waals surface area (Å²) in [5, 5.41) is 0.961. The van der Waals surface area contributed by atoms with Gasteiger partial charge in [-0.3, -0.25) is 4.79 Å². The number of ketones is 1. The highest BCUT2D eigenvalue weighted by Gasteiger charge is 2.32. The van der Waals surface area contributed by atoms with Crippen LogP contribution in [0.5, 0.6) is 5.75 Å². The van der Waals surface area contributed by atoms with Crippen molar-refractivity contribution in [3.63, 3.8) is 0 Å². The van der Waals surface area contributed by atoms with Gasteiger partial charge in [-0.15, -0.1) is 0 Å². The summed E-state index contributed by atoms with van der Waals surface area (Å²) in [7, 11) is 0. The summed E-state index contributed by atoms with van der Waals surface area (Å²) in [6, 6.07) is 17.7. The minimum Gasteiger partial charge on any atom is -0.453 e. The van der Waals surface area contributed by atoms with Crippen molar-refractivity contribution >= 4 is 16.8 Å². The highest BCUT2D eigenvalue weighted by molar-refractivity contribution is 6.19. The number of pyridine rings is 1. The molecule has 5 rings (SSSR count). The molecule has 2 aromatic heterocycles. The molecule has 0 saturated heterocycles. The second-order valence-electron chi connectivity index (χ2n) is 6.18. The van der Waals surface area contributed by atoms with Gasteiger partial charge in [0.2, 0.25) is 5.78 Å². The number of rotatable bonds is 2. The molecule has 0 saturated carbocycles. The molecule has 0 fully saturated rings. The molecule has 1 aliphatic rings. The Hall–Kier alpha value is -3.66. The maximum Gasteiger partial charge on any atom is 0.231 e. The number of carbonyl (C=O) groups excluding carboxylic acids is 1. The van der Waals surface area contributed by atoms with E-state index >= 15 is 0 Å². The van der Waals surface area contributed by atoms with E-state index in [4.69, 9.17) is 4.74 Å². The molecule has 4 nitrogen and oxygen atoms in total. The Balaban J connectivity index is 1.90. The first-order valence-corrected chi connectivity index (χ1v) is 8.30. The first kappa shape index (κ1) is 14.7. The van der Waals surface area contributed by atoms with Gasteiger partial charge in [0.05, 0.1) is 5.56 Å². The molecule has 0 spiro atoms. The second kappa shape index (κ2) is 5.43. The van der Waals surface area contributed by atoms with E-state index in [1.165, 1.54) is 0 Å². The third kappa shape index (κ3) is 2.02. The molecule has 0 amide bonds. The Labute approximate surface area is 149 Å². The van der Waals surface area contributed by atoms with Crippen molar-refractivity contribution in [1.29, 1.82) is 0 Å². The number of allylic oxidation sites excluding steroid dienone is 1. The van der Waals surface area contributed by atoms with Gasteiger partial charge in [-0.1, -0.05) is 43.0 Å². The van der Waals surface area contributed by atoms with E-state index in [0.717, 1.165) is 33.3 Å². The summed E-state index contributed by atoms with van der Waals surface area (Å²) in [5.74, 6) is 0.531. The Bertz CT molecular complexity index is 1190. The van der Waals surface area contributed by atoms with E-state index in [1.807, 2.05) is 60.8 Å². The van der Waals surface area contributed by atoms with Gasteiger partial charge in [-0.2, -0.15) is 0 Å². The minimum atomic E-state index is -0.175. The molecule has 0 radical (unpaired) electrons. The molecule has 0 aliphatic carbocycles. The van der Waals surface area contributed by atoms with Gasteiger partial charge >= 0.3 is 0 Å². The van der Waals surface area contributed by atoms with E-state index < -0.39 is 0 Å². The predicted octanol–water partition coefficient (Wildman–Crippen LogP) is 4.99. The molecule has 1 N–H and O–H groups in total. The maximum atomic E-state index is 12.8.